The first kappa shape index (κ1) is 14.6. The molecule has 0 aliphatic heterocycles. The maximum atomic E-state index is 13.1. The van der Waals surface area contributed by atoms with Crippen LogP contribution >= 0.6 is 0 Å². The van der Waals surface area contributed by atoms with Gasteiger partial charge in [-0.3, -0.25) is 5.32 Å². The van der Waals surface area contributed by atoms with Gasteiger partial charge in [-0.25, -0.2) is 9.18 Å². The van der Waals surface area contributed by atoms with Crippen molar-refractivity contribution in [1.29, 1.82) is 0 Å². The van der Waals surface area contributed by atoms with E-state index < -0.39 is 11.9 Å². The lowest BCUT2D eigenvalue weighted by Crippen LogP contribution is -2.11. The van der Waals surface area contributed by atoms with Crippen LogP contribution in [0.25, 0.3) is 0 Å². The van der Waals surface area contributed by atoms with Crippen LogP contribution in [-0.2, 0) is 11.3 Å². The summed E-state index contributed by atoms with van der Waals surface area (Å²) in [5.41, 5.74) is 1.73. The molecule has 1 amide bonds. The van der Waals surface area contributed by atoms with E-state index in [2.05, 4.69) is 15.4 Å². The van der Waals surface area contributed by atoms with Crippen molar-refractivity contribution in [2.24, 2.45) is 0 Å². The molecule has 0 atom stereocenters. The Labute approximate surface area is 121 Å². The number of carbonyl (C=O) groups is 1. The number of methoxy groups -OCH3 is 1. The van der Waals surface area contributed by atoms with E-state index in [-0.39, 0.29) is 12.3 Å². The molecule has 110 valence electrons. The number of aromatic hydroxyl groups is 1. The number of amides is 1. The standard InChI is InChI=1S/C15H15FN2O3/c1-21-15(20)18-13-4-2-3-12(8-13)17-9-10-7-11(16)5-6-14(10)19/h2-8,17,19H,9H2,1H3,(H,18,20). The van der Waals surface area contributed by atoms with Crippen LogP contribution in [0.5, 0.6) is 5.75 Å². The van der Waals surface area contributed by atoms with E-state index in [9.17, 15) is 14.3 Å². The van der Waals surface area contributed by atoms with Gasteiger partial charge in [0.2, 0.25) is 0 Å². The summed E-state index contributed by atoms with van der Waals surface area (Å²) in [6, 6.07) is 10.7. The van der Waals surface area contributed by atoms with Gasteiger partial charge in [-0.2, -0.15) is 0 Å². The van der Waals surface area contributed by atoms with E-state index in [0.29, 0.717) is 16.9 Å². The molecule has 2 rings (SSSR count). The smallest absolute Gasteiger partial charge is 0.411 e. The minimum Gasteiger partial charge on any atom is -0.508 e. The van der Waals surface area contributed by atoms with Crippen molar-refractivity contribution >= 4 is 17.5 Å². The summed E-state index contributed by atoms with van der Waals surface area (Å²) < 4.78 is 17.6. The quantitative estimate of drug-likeness (QED) is 0.808. The lowest BCUT2D eigenvalue weighted by molar-refractivity contribution is 0.187. The maximum absolute atomic E-state index is 13.1. The Balaban J connectivity index is 2.04. The highest BCUT2D eigenvalue weighted by Gasteiger charge is 2.04. The third-order valence-electron chi connectivity index (χ3n) is 2.82. The zero-order valence-corrected chi connectivity index (χ0v) is 11.4. The topological polar surface area (TPSA) is 70.6 Å². The lowest BCUT2D eigenvalue weighted by atomic mass is 10.2. The molecule has 0 spiro atoms. The summed E-state index contributed by atoms with van der Waals surface area (Å²) in [5, 5.41) is 15.2. The van der Waals surface area contributed by atoms with Crippen molar-refractivity contribution in [3.05, 3.63) is 53.8 Å². The normalized spacial score (nSPS) is 10.0. The van der Waals surface area contributed by atoms with Crippen molar-refractivity contribution in [3.63, 3.8) is 0 Å². The fourth-order valence-electron chi connectivity index (χ4n) is 1.77. The highest BCUT2D eigenvalue weighted by atomic mass is 19.1. The molecule has 2 aromatic carbocycles. The van der Waals surface area contributed by atoms with Gasteiger partial charge in [0.05, 0.1) is 7.11 Å². The molecule has 0 saturated heterocycles. The summed E-state index contributed by atoms with van der Waals surface area (Å²) >= 11 is 0. The van der Waals surface area contributed by atoms with E-state index in [1.165, 1.54) is 25.3 Å². The number of anilines is 2. The molecule has 5 nitrogen and oxygen atoms in total. The predicted octanol–water partition coefficient (Wildman–Crippen LogP) is 3.32. The number of phenolic OH excluding ortho intramolecular Hbond substituents is 1. The first-order valence-electron chi connectivity index (χ1n) is 6.25. The Morgan fingerprint density at radius 2 is 2.00 bits per heavy atom. The van der Waals surface area contributed by atoms with Gasteiger partial charge in [-0.05, 0) is 36.4 Å². The van der Waals surface area contributed by atoms with Gasteiger partial charge in [0.1, 0.15) is 11.6 Å². The number of halogens is 1. The van der Waals surface area contributed by atoms with Gasteiger partial charge in [0.15, 0.2) is 0 Å². The SMILES string of the molecule is COC(=O)Nc1cccc(NCc2cc(F)ccc2O)c1. The minimum atomic E-state index is -0.560. The van der Waals surface area contributed by atoms with Crippen LogP contribution in [0.2, 0.25) is 0 Å². The van der Waals surface area contributed by atoms with Crippen molar-refractivity contribution in [2.45, 2.75) is 6.54 Å². The molecule has 0 unspecified atom stereocenters. The van der Waals surface area contributed by atoms with Gasteiger partial charge in [-0.15, -0.1) is 0 Å². The van der Waals surface area contributed by atoms with E-state index in [4.69, 9.17) is 0 Å². The third-order valence-corrected chi connectivity index (χ3v) is 2.82. The summed E-state index contributed by atoms with van der Waals surface area (Å²) in [4.78, 5) is 11.1. The lowest BCUT2D eigenvalue weighted by Gasteiger charge is -2.10. The van der Waals surface area contributed by atoms with Gasteiger partial charge in [0.25, 0.3) is 0 Å². The van der Waals surface area contributed by atoms with E-state index in [0.717, 1.165) is 0 Å². The number of ether oxygens (including phenoxy) is 1. The van der Waals surface area contributed by atoms with Crippen molar-refractivity contribution in [3.8, 4) is 5.75 Å². The van der Waals surface area contributed by atoms with Crippen LogP contribution in [0.4, 0.5) is 20.6 Å². The molecule has 21 heavy (non-hydrogen) atoms. The van der Waals surface area contributed by atoms with Crippen LogP contribution in [0.1, 0.15) is 5.56 Å². The Hall–Kier alpha value is -2.76. The Bertz CT molecular complexity index is 647. The summed E-state index contributed by atoms with van der Waals surface area (Å²) in [5.74, 6) is -0.390. The van der Waals surface area contributed by atoms with Crippen LogP contribution in [-0.4, -0.2) is 18.3 Å². The molecule has 0 bridgehead atoms. The Kier molecular flexibility index (Phi) is 4.61. The molecule has 0 radical (unpaired) electrons. The summed E-state index contributed by atoms with van der Waals surface area (Å²) in [6.07, 6.45) is -0.560. The van der Waals surface area contributed by atoms with Crippen LogP contribution < -0.4 is 10.6 Å². The van der Waals surface area contributed by atoms with Crippen molar-refractivity contribution in [1.82, 2.24) is 0 Å². The van der Waals surface area contributed by atoms with Gasteiger partial charge < -0.3 is 15.2 Å². The molecule has 6 heteroatoms. The van der Waals surface area contributed by atoms with Gasteiger partial charge >= 0.3 is 6.09 Å². The third kappa shape index (κ3) is 4.10. The molecular weight excluding hydrogens is 275 g/mol. The number of phenols is 1. The highest BCUT2D eigenvalue weighted by molar-refractivity contribution is 5.85. The second-order valence-corrected chi connectivity index (χ2v) is 4.32. The number of nitrogens with one attached hydrogen (secondary N) is 2. The Morgan fingerprint density at radius 1 is 1.24 bits per heavy atom. The number of hydrogen-bond donors (Lipinski definition) is 3. The Morgan fingerprint density at radius 3 is 2.76 bits per heavy atom. The molecule has 0 aromatic heterocycles. The van der Waals surface area contributed by atoms with Crippen molar-refractivity contribution in [2.75, 3.05) is 17.7 Å². The van der Waals surface area contributed by atoms with E-state index >= 15 is 0 Å². The number of carbonyl (C=O) groups excluding carboxylic acids is 1. The highest BCUT2D eigenvalue weighted by Crippen LogP contribution is 2.21. The average molecular weight is 290 g/mol. The predicted molar refractivity (Wildman–Crippen MR) is 77.9 cm³/mol. The molecule has 0 saturated carbocycles. The van der Waals surface area contributed by atoms with E-state index in [1.807, 2.05) is 0 Å². The number of benzene rings is 2. The molecule has 3 N–H and O–H groups in total. The fraction of sp³-hybridized carbons (Fsp3) is 0.133. The first-order valence-corrected chi connectivity index (χ1v) is 6.25. The summed E-state index contributed by atoms with van der Waals surface area (Å²) in [6.45, 7) is 0.255. The summed E-state index contributed by atoms with van der Waals surface area (Å²) in [7, 11) is 1.28. The number of hydrogen-bond acceptors (Lipinski definition) is 4. The minimum absolute atomic E-state index is 0.0211. The average Bonchev–Trinajstić information content (AvgIpc) is 2.48. The molecule has 0 fully saturated rings. The van der Waals surface area contributed by atoms with E-state index in [1.54, 1.807) is 24.3 Å². The second-order valence-electron chi connectivity index (χ2n) is 4.32. The first-order chi connectivity index (χ1) is 10.1. The largest absolute Gasteiger partial charge is 0.508 e. The van der Waals surface area contributed by atoms with Gasteiger partial charge in [0, 0.05) is 23.5 Å². The van der Waals surface area contributed by atoms with Crippen molar-refractivity contribution < 1.29 is 19.0 Å². The molecule has 0 aliphatic carbocycles. The zero-order chi connectivity index (χ0) is 15.2. The maximum Gasteiger partial charge on any atom is 0.411 e. The van der Waals surface area contributed by atoms with Crippen LogP contribution in [0.3, 0.4) is 0 Å². The molecule has 0 aliphatic rings. The molecule has 0 heterocycles. The fourth-order valence-corrected chi connectivity index (χ4v) is 1.77. The van der Waals surface area contributed by atoms with Crippen LogP contribution in [0.15, 0.2) is 42.5 Å². The molecular formula is C15H15FN2O3. The second kappa shape index (κ2) is 6.60. The molecule has 2 aromatic rings. The number of rotatable bonds is 4. The van der Waals surface area contributed by atoms with Gasteiger partial charge in [-0.1, -0.05) is 6.07 Å². The van der Waals surface area contributed by atoms with Crippen LogP contribution in [0, 0.1) is 5.82 Å². The zero-order valence-electron chi connectivity index (χ0n) is 11.4. The monoisotopic (exact) mass is 290 g/mol.